The Morgan fingerprint density at radius 1 is 1.07 bits per heavy atom. The van der Waals surface area contributed by atoms with Gasteiger partial charge in [0.1, 0.15) is 11.3 Å². The van der Waals surface area contributed by atoms with E-state index in [-0.39, 0.29) is 21.6 Å². The number of aromatic amines is 1. The van der Waals surface area contributed by atoms with Gasteiger partial charge >= 0.3 is 0 Å². The van der Waals surface area contributed by atoms with Crippen molar-refractivity contribution in [1.82, 2.24) is 24.1 Å². The van der Waals surface area contributed by atoms with E-state index in [2.05, 4.69) is 14.7 Å². The molecule has 3 aromatic heterocycles. The molecule has 13 heteroatoms. The van der Waals surface area contributed by atoms with E-state index in [4.69, 9.17) is 4.98 Å². The Morgan fingerprint density at radius 3 is 2.45 bits per heavy atom. The summed E-state index contributed by atoms with van der Waals surface area (Å²) in [4.78, 5) is 12.7. The van der Waals surface area contributed by atoms with Crippen LogP contribution in [0.2, 0.25) is 0 Å². The van der Waals surface area contributed by atoms with Crippen LogP contribution in [0.1, 0.15) is 68.3 Å². The van der Waals surface area contributed by atoms with E-state index >= 15 is 0 Å². The van der Waals surface area contributed by atoms with E-state index in [1.54, 1.807) is 37.5 Å². The fraction of sp³-hybridized carbons (Fsp3) is 0.517. The molecule has 2 bridgehead atoms. The largest absolute Gasteiger partial charge is 0.394 e. The van der Waals surface area contributed by atoms with Crippen molar-refractivity contribution in [3.8, 4) is 0 Å². The van der Waals surface area contributed by atoms with E-state index in [1.165, 1.54) is 0 Å². The van der Waals surface area contributed by atoms with Crippen LogP contribution in [0.3, 0.4) is 0 Å². The van der Waals surface area contributed by atoms with Gasteiger partial charge in [-0.3, -0.25) is 4.40 Å². The van der Waals surface area contributed by atoms with Crippen LogP contribution in [0.15, 0.2) is 46.6 Å². The number of H-pyrrole nitrogens is 1. The minimum Gasteiger partial charge on any atom is -0.394 e. The summed E-state index contributed by atoms with van der Waals surface area (Å²) in [7, 11) is -7.44. The predicted molar refractivity (Wildman–Crippen MR) is 155 cm³/mol. The number of sulfone groups is 1. The van der Waals surface area contributed by atoms with Gasteiger partial charge in [-0.1, -0.05) is 12.1 Å². The second kappa shape index (κ2) is 9.58. The van der Waals surface area contributed by atoms with E-state index in [1.807, 2.05) is 10.5 Å². The van der Waals surface area contributed by atoms with Crippen LogP contribution < -0.4 is 4.72 Å². The molecule has 0 radical (unpaired) electrons. The number of nitrogens with one attached hydrogen (secondary N) is 2. The number of aliphatic hydroxyl groups is 2. The maximum atomic E-state index is 14.3. The number of rotatable bonds is 9. The molecule has 224 valence electrons. The summed E-state index contributed by atoms with van der Waals surface area (Å²) in [6.07, 6.45) is 7.99. The molecular formula is C29H35N5O6S2. The molecule has 42 heavy (non-hydrogen) atoms. The monoisotopic (exact) mass is 613 g/mol. The van der Waals surface area contributed by atoms with E-state index in [9.17, 15) is 27.0 Å². The number of aliphatic hydroxyl groups excluding tert-OH is 2. The smallest absolute Gasteiger partial charge is 0.226 e. The predicted octanol–water partition coefficient (Wildman–Crippen LogP) is 2.67. The molecule has 1 unspecified atom stereocenters. The molecule has 4 aliphatic rings. The number of aryl methyl sites for hydroxylation is 1. The molecule has 8 rings (SSSR count). The SMILES string of the molecule is Cc1ccc(CC(O)CO)cc1S(=O)(=O)c1nc(C23CCC(NS(=O)(=O)C4CC4)(CC2)CC3)n2c1cnc1[nH]ccc12. The van der Waals surface area contributed by atoms with Crippen molar-refractivity contribution >= 4 is 36.5 Å². The molecule has 11 nitrogen and oxygen atoms in total. The molecule has 0 saturated heterocycles. The van der Waals surface area contributed by atoms with Crippen LogP contribution >= 0.6 is 0 Å². The molecular weight excluding hydrogens is 578 g/mol. The normalized spacial score (nSPS) is 25.4. The van der Waals surface area contributed by atoms with Crippen LogP contribution in [0, 0.1) is 6.92 Å². The number of sulfonamides is 1. The third-order valence-corrected chi connectivity index (χ3v) is 13.6. The average Bonchev–Trinajstić information content (AvgIpc) is 3.60. The molecule has 0 spiro atoms. The Labute approximate surface area is 244 Å². The summed E-state index contributed by atoms with van der Waals surface area (Å²) >= 11 is 0. The minimum absolute atomic E-state index is 0.0673. The third-order valence-electron chi connectivity index (χ3n) is 9.66. The summed E-state index contributed by atoms with van der Waals surface area (Å²) < 4.78 is 59.3. The summed E-state index contributed by atoms with van der Waals surface area (Å²) in [6, 6.07) is 6.88. The van der Waals surface area contributed by atoms with Gasteiger partial charge < -0.3 is 15.2 Å². The van der Waals surface area contributed by atoms with Gasteiger partial charge in [0.05, 0.1) is 34.6 Å². The zero-order valence-electron chi connectivity index (χ0n) is 23.4. The number of imidazole rings is 1. The molecule has 0 amide bonds. The van der Waals surface area contributed by atoms with E-state index in [0.717, 1.165) is 18.4 Å². The molecule has 4 fully saturated rings. The van der Waals surface area contributed by atoms with Crippen molar-refractivity contribution in [2.24, 2.45) is 0 Å². The van der Waals surface area contributed by atoms with Crippen LogP contribution in [0.4, 0.5) is 0 Å². The quantitative estimate of drug-likeness (QED) is 0.224. The Balaban J connectivity index is 1.33. The lowest BCUT2D eigenvalue weighted by atomic mass is 9.57. The summed E-state index contributed by atoms with van der Waals surface area (Å²) in [5.74, 6) is 0.672. The maximum absolute atomic E-state index is 14.3. The molecule has 4 saturated carbocycles. The van der Waals surface area contributed by atoms with Crippen molar-refractivity contribution in [2.45, 2.75) is 96.9 Å². The number of aromatic nitrogens is 4. The molecule has 1 aromatic carbocycles. The summed E-state index contributed by atoms with van der Waals surface area (Å²) in [5, 5.41) is 18.9. The van der Waals surface area contributed by atoms with E-state index in [0.29, 0.717) is 66.6 Å². The summed E-state index contributed by atoms with van der Waals surface area (Å²) in [5.41, 5.74) is 2.04. The molecule has 4 aromatic rings. The molecule has 4 aliphatic carbocycles. The Morgan fingerprint density at radius 2 is 1.79 bits per heavy atom. The van der Waals surface area contributed by atoms with E-state index < -0.39 is 43.5 Å². The van der Waals surface area contributed by atoms with Gasteiger partial charge in [0.25, 0.3) is 0 Å². The number of benzene rings is 1. The molecule has 3 heterocycles. The standard InChI is InChI=1S/C29H35N5O6S2/c1-18-2-3-19(14-20(36)17-35)15-24(18)41(37,38)26-23-16-31-25-22(6-13-30-25)34(23)27(32-26)28-7-10-29(11-8-28,12-9-28)33-42(39,40)21-4-5-21/h2-3,6,13,15-16,20-21,30,33,35-36H,4-5,7-12,14,17H2,1H3. The lowest BCUT2D eigenvalue weighted by Gasteiger charge is -2.52. The average molecular weight is 614 g/mol. The van der Waals surface area contributed by atoms with Crippen molar-refractivity contribution in [3.63, 3.8) is 0 Å². The zero-order valence-corrected chi connectivity index (χ0v) is 25.0. The first-order chi connectivity index (χ1) is 20.0. The fourth-order valence-corrected chi connectivity index (χ4v) is 10.5. The van der Waals surface area contributed by atoms with Crippen LogP contribution in [0.25, 0.3) is 16.7 Å². The Kier molecular flexibility index (Phi) is 6.38. The highest BCUT2D eigenvalue weighted by atomic mass is 32.2. The third kappa shape index (κ3) is 4.39. The lowest BCUT2D eigenvalue weighted by Crippen LogP contribution is -2.58. The molecule has 0 aliphatic heterocycles. The highest BCUT2D eigenvalue weighted by Crippen LogP contribution is 2.54. The maximum Gasteiger partial charge on any atom is 0.226 e. The first-order valence-corrected chi connectivity index (χ1v) is 17.5. The Hall–Kier alpha value is -2.84. The van der Waals surface area contributed by atoms with Gasteiger partial charge in [0.2, 0.25) is 19.9 Å². The van der Waals surface area contributed by atoms with Crippen LogP contribution in [-0.2, 0) is 31.7 Å². The second-order valence-corrected chi connectivity index (χ2v) is 16.3. The van der Waals surface area contributed by atoms with Gasteiger partial charge in [-0.05, 0) is 81.5 Å². The van der Waals surface area contributed by atoms with Crippen LogP contribution in [0.5, 0.6) is 0 Å². The molecule has 1 atom stereocenters. The van der Waals surface area contributed by atoms with Crippen molar-refractivity contribution in [2.75, 3.05) is 6.61 Å². The number of hydrogen-bond donors (Lipinski definition) is 4. The first kappa shape index (κ1) is 28.0. The topological polar surface area (TPSA) is 167 Å². The van der Waals surface area contributed by atoms with Gasteiger partial charge in [0, 0.05) is 23.6 Å². The van der Waals surface area contributed by atoms with Gasteiger partial charge in [-0.15, -0.1) is 0 Å². The van der Waals surface area contributed by atoms with Gasteiger partial charge in [0.15, 0.2) is 10.7 Å². The van der Waals surface area contributed by atoms with Crippen molar-refractivity contribution < 1.29 is 27.0 Å². The van der Waals surface area contributed by atoms with Crippen molar-refractivity contribution in [1.29, 1.82) is 0 Å². The number of fused-ring (bicyclic) bond motifs is 6. The minimum atomic E-state index is -4.11. The van der Waals surface area contributed by atoms with Crippen LogP contribution in [-0.4, -0.2) is 69.9 Å². The Bertz CT molecular complexity index is 1900. The fourth-order valence-electron chi connectivity index (χ4n) is 7.02. The number of nitrogens with zero attached hydrogens (tertiary/aromatic N) is 3. The molecule has 4 N–H and O–H groups in total. The lowest BCUT2D eigenvalue weighted by molar-refractivity contribution is 0.0883. The van der Waals surface area contributed by atoms with Gasteiger partial charge in [-0.25, -0.2) is 31.5 Å². The highest BCUT2D eigenvalue weighted by Gasteiger charge is 2.54. The zero-order chi connectivity index (χ0) is 29.5. The first-order valence-electron chi connectivity index (χ1n) is 14.5. The number of hydrogen-bond acceptors (Lipinski definition) is 8. The van der Waals surface area contributed by atoms with Crippen molar-refractivity contribution in [3.05, 3.63) is 53.6 Å². The second-order valence-electron chi connectivity index (χ2n) is 12.5. The summed E-state index contributed by atoms with van der Waals surface area (Å²) in [6.45, 7) is 1.30. The van der Waals surface area contributed by atoms with Gasteiger partial charge in [-0.2, -0.15) is 0 Å². The highest BCUT2D eigenvalue weighted by molar-refractivity contribution is 7.91.